The van der Waals surface area contributed by atoms with E-state index in [1.807, 2.05) is 0 Å². The topological polar surface area (TPSA) is 89.7 Å². The van der Waals surface area contributed by atoms with Crippen LogP contribution in [0.25, 0.3) is 0 Å². The van der Waals surface area contributed by atoms with E-state index in [9.17, 15) is 13.2 Å². The normalized spacial score (nSPS) is 20.0. The number of anilines is 1. The standard InChI is InChI=1S/C12H15BrN2O4S/c1-19-12(16)8-4-5-15(7-8)20(17,18)9-2-3-10(13)11(14)6-9/h2-3,6,8H,4-5,7,14H2,1H3. The molecule has 1 aromatic carbocycles. The van der Waals surface area contributed by atoms with Crippen LogP contribution in [0.15, 0.2) is 27.6 Å². The maximum absolute atomic E-state index is 12.5. The van der Waals surface area contributed by atoms with E-state index < -0.39 is 15.9 Å². The number of hydrogen-bond donors (Lipinski definition) is 1. The van der Waals surface area contributed by atoms with E-state index in [1.54, 1.807) is 6.07 Å². The number of hydrogen-bond acceptors (Lipinski definition) is 5. The quantitative estimate of drug-likeness (QED) is 0.644. The molecular formula is C12H15BrN2O4S. The molecule has 0 aromatic heterocycles. The molecule has 0 bridgehead atoms. The van der Waals surface area contributed by atoms with Gasteiger partial charge in [-0.15, -0.1) is 0 Å². The van der Waals surface area contributed by atoms with Crippen LogP contribution in [-0.4, -0.2) is 38.9 Å². The predicted octanol–water partition coefficient (Wildman–Crippen LogP) is 1.21. The molecule has 20 heavy (non-hydrogen) atoms. The Bertz CT molecular complexity index is 632. The fraction of sp³-hybridized carbons (Fsp3) is 0.417. The molecule has 1 saturated heterocycles. The number of sulfonamides is 1. The molecule has 1 aliphatic heterocycles. The van der Waals surface area contributed by atoms with E-state index >= 15 is 0 Å². The number of carbonyl (C=O) groups is 1. The number of nitrogens with zero attached hydrogens (tertiary/aromatic N) is 1. The molecule has 1 heterocycles. The lowest BCUT2D eigenvalue weighted by atomic mass is 10.1. The number of esters is 1. The summed E-state index contributed by atoms with van der Waals surface area (Å²) in [7, 11) is -2.33. The van der Waals surface area contributed by atoms with Gasteiger partial charge in [0.15, 0.2) is 0 Å². The van der Waals surface area contributed by atoms with Gasteiger partial charge in [0.05, 0.1) is 17.9 Å². The van der Waals surface area contributed by atoms with Crippen LogP contribution in [0.4, 0.5) is 5.69 Å². The van der Waals surface area contributed by atoms with Crippen LogP contribution in [-0.2, 0) is 19.6 Å². The van der Waals surface area contributed by atoms with E-state index in [2.05, 4.69) is 20.7 Å². The van der Waals surface area contributed by atoms with Crippen LogP contribution >= 0.6 is 15.9 Å². The Balaban J connectivity index is 2.23. The third-order valence-corrected chi connectivity index (χ3v) is 5.87. The van der Waals surface area contributed by atoms with Crippen molar-refractivity contribution in [3.63, 3.8) is 0 Å². The van der Waals surface area contributed by atoms with Crippen LogP contribution in [0.2, 0.25) is 0 Å². The van der Waals surface area contributed by atoms with Gasteiger partial charge in [-0.05, 0) is 40.5 Å². The van der Waals surface area contributed by atoms with Crippen LogP contribution in [0.1, 0.15) is 6.42 Å². The lowest BCUT2D eigenvalue weighted by molar-refractivity contribution is -0.144. The zero-order valence-corrected chi connectivity index (χ0v) is 13.3. The summed E-state index contributed by atoms with van der Waals surface area (Å²) in [5, 5.41) is 0. The molecule has 110 valence electrons. The van der Waals surface area contributed by atoms with Gasteiger partial charge in [-0.1, -0.05) is 0 Å². The number of rotatable bonds is 3. The molecule has 1 fully saturated rings. The molecule has 2 rings (SSSR count). The van der Waals surface area contributed by atoms with Crippen LogP contribution in [0, 0.1) is 5.92 Å². The smallest absolute Gasteiger partial charge is 0.310 e. The Hall–Kier alpha value is -1.12. The van der Waals surface area contributed by atoms with Crippen molar-refractivity contribution in [3.05, 3.63) is 22.7 Å². The fourth-order valence-electron chi connectivity index (χ4n) is 2.14. The Kier molecular flexibility index (Phi) is 4.36. The summed E-state index contributed by atoms with van der Waals surface area (Å²) < 4.78 is 31.5. The second-order valence-corrected chi connectivity index (χ2v) is 7.35. The van der Waals surface area contributed by atoms with Crippen molar-refractivity contribution in [1.29, 1.82) is 0 Å². The molecule has 2 N–H and O–H groups in total. The second kappa shape index (κ2) is 5.71. The van der Waals surface area contributed by atoms with E-state index in [0.29, 0.717) is 23.1 Å². The number of nitrogen functional groups attached to an aromatic ring is 1. The molecule has 1 atom stereocenters. The first-order valence-corrected chi connectivity index (χ1v) is 8.22. The zero-order chi connectivity index (χ0) is 14.9. The highest BCUT2D eigenvalue weighted by atomic mass is 79.9. The summed E-state index contributed by atoms with van der Waals surface area (Å²) in [6.45, 7) is 0.447. The number of nitrogens with two attached hydrogens (primary N) is 1. The van der Waals surface area contributed by atoms with Gasteiger partial charge in [0, 0.05) is 23.2 Å². The first kappa shape index (κ1) is 15.3. The molecule has 0 amide bonds. The summed E-state index contributed by atoms with van der Waals surface area (Å²) in [5.74, 6) is -0.777. The van der Waals surface area contributed by atoms with Crippen LogP contribution < -0.4 is 5.73 Å². The second-order valence-electron chi connectivity index (χ2n) is 4.56. The first-order valence-electron chi connectivity index (χ1n) is 5.99. The van der Waals surface area contributed by atoms with E-state index in [0.717, 1.165) is 0 Å². The van der Waals surface area contributed by atoms with Gasteiger partial charge in [0.1, 0.15) is 0 Å². The highest BCUT2D eigenvalue weighted by Gasteiger charge is 2.36. The largest absolute Gasteiger partial charge is 0.469 e. The number of benzene rings is 1. The third-order valence-electron chi connectivity index (χ3n) is 3.29. The Morgan fingerprint density at radius 3 is 2.80 bits per heavy atom. The summed E-state index contributed by atoms with van der Waals surface area (Å²) >= 11 is 3.22. The van der Waals surface area contributed by atoms with Gasteiger partial charge in [0.2, 0.25) is 10.0 Å². The van der Waals surface area contributed by atoms with Crippen molar-refractivity contribution in [2.45, 2.75) is 11.3 Å². The molecule has 0 saturated carbocycles. The molecule has 0 radical (unpaired) electrons. The van der Waals surface area contributed by atoms with Crippen molar-refractivity contribution < 1.29 is 17.9 Å². The van der Waals surface area contributed by atoms with Gasteiger partial charge >= 0.3 is 5.97 Å². The molecule has 0 spiro atoms. The maximum Gasteiger partial charge on any atom is 0.310 e. The molecule has 1 unspecified atom stereocenters. The minimum absolute atomic E-state index is 0.128. The van der Waals surface area contributed by atoms with Gasteiger partial charge < -0.3 is 10.5 Å². The van der Waals surface area contributed by atoms with Crippen LogP contribution in [0.5, 0.6) is 0 Å². The monoisotopic (exact) mass is 362 g/mol. The highest BCUT2D eigenvalue weighted by Crippen LogP contribution is 2.28. The van der Waals surface area contributed by atoms with Crippen LogP contribution in [0.3, 0.4) is 0 Å². The molecule has 1 aromatic rings. The summed E-state index contributed by atoms with van der Waals surface area (Å²) in [5.41, 5.74) is 6.07. The van der Waals surface area contributed by atoms with Gasteiger partial charge in [-0.2, -0.15) is 4.31 Å². The number of methoxy groups -OCH3 is 1. The van der Waals surface area contributed by atoms with Gasteiger partial charge in [0.25, 0.3) is 0 Å². The van der Waals surface area contributed by atoms with Crippen molar-refractivity contribution in [1.82, 2.24) is 4.31 Å². The van der Waals surface area contributed by atoms with Crippen molar-refractivity contribution in [2.75, 3.05) is 25.9 Å². The SMILES string of the molecule is COC(=O)C1CCN(S(=O)(=O)c2ccc(Br)c(N)c2)C1. The molecule has 6 nitrogen and oxygen atoms in total. The first-order chi connectivity index (χ1) is 9.36. The molecule has 8 heteroatoms. The molecular weight excluding hydrogens is 348 g/mol. The zero-order valence-electron chi connectivity index (χ0n) is 10.9. The minimum Gasteiger partial charge on any atom is -0.469 e. The van der Waals surface area contributed by atoms with E-state index in [1.165, 1.54) is 23.5 Å². The van der Waals surface area contributed by atoms with E-state index in [4.69, 9.17) is 5.73 Å². The average Bonchev–Trinajstić information content (AvgIpc) is 2.91. The summed E-state index contributed by atoms with van der Waals surface area (Å²) in [4.78, 5) is 11.6. The fourth-order valence-corrected chi connectivity index (χ4v) is 3.92. The lowest BCUT2D eigenvalue weighted by Crippen LogP contribution is -2.30. The Morgan fingerprint density at radius 1 is 1.50 bits per heavy atom. The highest BCUT2D eigenvalue weighted by molar-refractivity contribution is 9.10. The lowest BCUT2D eigenvalue weighted by Gasteiger charge is -2.16. The maximum atomic E-state index is 12.5. The Morgan fingerprint density at radius 2 is 2.20 bits per heavy atom. The van der Waals surface area contributed by atoms with Gasteiger partial charge in [-0.3, -0.25) is 4.79 Å². The predicted molar refractivity (Wildman–Crippen MR) is 77.4 cm³/mol. The molecule has 1 aliphatic rings. The van der Waals surface area contributed by atoms with Crippen molar-refractivity contribution >= 4 is 37.6 Å². The van der Waals surface area contributed by atoms with E-state index in [-0.39, 0.29) is 17.4 Å². The minimum atomic E-state index is -3.63. The number of ether oxygens (including phenoxy) is 1. The Labute approximate surface area is 126 Å². The summed E-state index contributed by atoms with van der Waals surface area (Å²) in [6, 6.07) is 4.49. The summed E-state index contributed by atoms with van der Waals surface area (Å²) in [6.07, 6.45) is 0.470. The number of carbonyl (C=O) groups excluding carboxylic acids is 1. The van der Waals surface area contributed by atoms with Gasteiger partial charge in [-0.25, -0.2) is 8.42 Å². The number of halogens is 1. The third kappa shape index (κ3) is 2.82. The van der Waals surface area contributed by atoms with Crippen molar-refractivity contribution in [2.24, 2.45) is 5.92 Å². The average molecular weight is 363 g/mol. The van der Waals surface area contributed by atoms with Crippen molar-refractivity contribution in [3.8, 4) is 0 Å². The molecule has 0 aliphatic carbocycles.